The van der Waals surface area contributed by atoms with Crippen LogP contribution in [-0.2, 0) is 0 Å². The van der Waals surface area contributed by atoms with Gasteiger partial charge in [0.1, 0.15) is 12.1 Å². The maximum atomic E-state index is 6.04. The lowest BCUT2D eigenvalue weighted by atomic mass is 10.4. The van der Waals surface area contributed by atoms with Crippen LogP contribution >= 0.6 is 11.6 Å². The van der Waals surface area contributed by atoms with Crippen molar-refractivity contribution in [1.82, 2.24) is 9.97 Å². The predicted octanol–water partition coefficient (Wildman–Crippen LogP) is 1.69. The van der Waals surface area contributed by atoms with Crippen molar-refractivity contribution in [2.45, 2.75) is 18.7 Å². The lowest BCUT2D eigenvalue weighted by Gasteiger charge is -2.16. The number of aromatic nitrogens is 2. The molecule has 1 saturated heterocycles. The molecule has 1 fully saturated rings. The second-order valence-electron chi connectivity index (χ2n) is 3.48. The lowest BCUT2D eigenvalue weighted by molar-refractivity contribution is 0.326. The Labute approximate surface area is 94.2 Å². The predicted molar refractivity (Wildman–Crippen MR) is 59.7 cm³/mol. The zero-order chi connectivity index (χ0) is 10.7. The Bertz CT molecular complexity index is 334. The molecule has 0 N–H and O–H groups in total. The van der Waals surface area contributed by atoms with Gasteiger partial charge in [-0.3, -0.25) is 0 Å². The van der Waals surface area contributed by atoms with Crippen molar-refractivity contribution in [2.75, 3.05) is 24.6 Å². The van der Waals surface area contributed by atoms with E-state index in [1.54, 1.807) is 0 Å². The van der Waals surface area contributed by atoms with E-state index < -0.39 is 0 Å². The van der Waals surface area contributed by atoms with Gasteiger partial charge in [0.05, 0.1) is 12.0 Å². The molecule has 1 aromatic heterocycles. The fourth-order valence-corrected chi connectivity index (χ4v) is 1.92. The van der Waals surface area contributed by atoms with Crippen LogP contribution in [0.25, 0.3) is 0 Å². The van der Waals surface area contributed by atoms with Crippen LogP contribution in [0.1, 0.15) is 13.3 Å². The van der Waals surface area contributed by atoms with Crippen molar-refractivity contribution < 1.29 is 4.74 Å². The van der Waals surface area contributed by atoms with Crippen LogP contribution in [0.5, 0.6) is 5.88 Å². The molecule has 1 aliphatic heterocycles. The van der Waals surface area contributed by atoms with Crippen LogP contribution < -0.4 is 9.64 Å². The van der Waals surface area contributed by atoms with Crippen molar-refractivity contribution in [3.8, 4) is 5.88 Å². The fraction of sp³-hybridized carbons (Fsp3) is 0.600. The minimum Gasteiger partial charge on any atom is -0.478 e. The van der Waals surface area contributed by atoms with Crippen LogP contribution in [0.2, 0.25) is 0 Å². The second-order valence-corrected chi connectivity index (χ2v) is 4.10. The zero-order valence-electron chi connectivity index (χ0n) is 8.69. The Hall–Kier alpha value is -1.03. The fourth-order valence-electron chi connectivity index (χ4n) is 1.66. The topological polar surface area (TPSA) is 38.2 Å². The van der Waals surface area contributed by atoms with Crippen LogP contribution in [0.4, 0.5) is 5.82 Å². The van der Waals surface area contributed by atoms with Crippen LogP contribution in [0, 0.1) is 0 Å². The molecule has 5 heteroatoms. The van der Waals surface area contributed by atoms with E-state index in [1.807, 2.05) is 13.0 Å². The number of alkyl halides is 1. The molecule has 1 aliphatic rings. The summed E-state index contributed by atoms with van der Waals surface area (Å²) in [6.07, 6.45) is 2.54. The Balaban J connectivity index is 2.10. The summed E-state index contributed by atoms with van der Waals surface area (Å²) in [7, 11) is 0. The molecule has 0 aliphatic carbocycles. The molecule has 0 saturated carbocycles. The first-order valence-corrected chi connectivity index (χ1v) is 5.57. The summed E-state index contributed by atoms with van der Waals surface area (Å²) in [4.78, 5) is 10.4. The Morgan fingerprint density at radius 1 is 1.60 bits per heavy atom. The molecule has 82 valence electrons. The number of ether oxygens (including phenoxy) is 1. The molecule has 15 heavy (non-hydrogen) atoms. The quantitative estimate of drug-likeness (QED) is 0.737. The van der Waals surface area contributed by atoms with E-state index in [-0.39, 0.29) is 5.38 Å². The highest BCUT2D eigenvalue weighted by Crippen LogP contribution is 2.22. The third kappa shape index (κ3) is 2.50. The number of rotatable bonds is 3. The average molecular weight is 228 g/mol. The molecule has 1 atom stereocenters. The standard InChI is InChI=1S/C10H14ClN3O/c1-2-15-10-5-9(12-7-13-10)14-4-3-8(11)6-14/h5,7-8H,2-4,6H2,1H3. The molecule has 1 aromatic rings. The van der Waals surface area contributed by atoms with Gasteiger partial charge in [-0.1, -0.05) is 0 Å². The third-order valence-corrected chi connectivity index (χ3v) is 2.73. The number of nitrogens with zero attached hydrogens (tertiary/aromatic N) is 3. The van der Waals surface area contributed by atoms with E-state index >= 15 is 0 Å². The summed E-state index contributed by atoms with van der Waals surface area (Å²) in [5.74, 6) is 1.53. The summed E-state index contributed by atoms with van der Waals surface area (Å²) in [5.41, 5.74) is 0. The van der Waals surface area contributed by atoms with Gasteiger partial charge >= 0.3 is 0 Å². The SMILES string of the molecule is CCOc1cc(N2CCC(Cl)C2)ncn1. The molecule has 4 nitrogen and oxygen atoms in total. The molecule has 2 heterocycles. The van der Waals surface area contributed by atoms with Crippen LogP contribution in [0.3, 0.4) is 0 Å². The van der Waals surface area contributed by atoms with Gasteiger partial charge in [-0.25, -0.2) is 9.97 Å². The second kappa shape index (κ2) is 4.66. The van der Waals surface area contributed by atoms with E-state index in [0.29, 0.717) is 12.5 Å². The highest BCUT2D eigenvalue weighted by molar-refractivity contribution is 6.21. The first kappa shape index (κ1) is 10.5. The number of hydrogen-bond acceptors (Lipinski definition) is 4. The Morgan fingerprint density at radius 3 is 3.13 bits per heavy atom. The number of anilines is 1. The molecule has 2 rings (SSSR count). The summed E-state index contributed by atoms with van der Waals surface area (Å²) in [5, 5.41) is 0.232. The normalized spacial score (nSPS) is 20.7. The van der Waals surface area contributed by atoms with Gasteiger partial charge in [-0.15, -0.1) is 11.6 Å². The van der Waals surface area contributed by atoms with Gasteiger partial charge in [-0.2, -0.15) is 0 Å². The molecule has 0 amide bonds. The third-order valence-electron chi connectivity index (χ3n) is 2.37. The maximum absolute atomic E-state index is 6.04. The number of hydrogen-bond donors (Lipinski definition) is 0. The molecule has 1 unspecified atom stereocenters. The lowest BCUT2D eigenvalue weighted by Crippen LogP contribution is -2.21. The highest BCUT2D eigenvalue weighted by Gasteiger charge is 2.21. The largest absolute Gasteiger partial charge is 0.478 e. The van der Waals surface area contributed by atoms with E-state index in [9.17, 15) is 0 Å². The smallest absolute Gasteiger partial charge is 0.218 e. The first-order chi connectivity index (χ1) is 7.29. The minimum absolute atomic E-state index is 0.232. The van der Waals surface area contributed by atoms with Gasteiger partial charge in [0.2, 0.25) is 5.88 Å². The molecular weight excluding hydrogens is 214 g/mol. The van der Waals surface area contributed by atoms with Crippen molar-refractivity contribution >= 4 is 17.4 Å². The molecule has 0 spiro atoms. The zero-order valence-corrected chi connectivity index (χ0v) is 9.44. The van der Waals surface area contributed by atoms with Gasteiger partial charge < -0.3 is 9.64 Å². The average Bonchev–Trinajstić information content (AvgIpc) is 2.66. The summed E-state index contributed by atoms with van der Waals surface area (Å²) >= 11 is 6.04. The summed E-state index contributed by atoms with van der Waals surface area (Å²) in [6, 6.07) is 1.86. The molecule has 0 aromatic carbocycles. The first-order valence-electron chi connectivity index (χ1n) is 5.13. The molecule has 0 bridgehead atoms. The summed E-state index contributed by atoms with van der Waals surface area (Å²) in [6.45, 7) is 4.36. The monoisotopic (exact) mass is 227 g/mol. The van der Waals surface area contributed by atoms with Gasteiger partial charge in [0.25, 0.3) is 0 Å². The van der Waals surface area contributed by atoms with Crippen molar-refractivity contribution in [2.24, 2.45) is 0 Å². The van der Waals surface area contributed by atoms with Gasteiger partial charge in [0, 0.05) is 19.2 Å². The Kier molecular flexibility index (Phi) is 3.26. The van der Waals surface area contributed by atoms with Crippen LogP contribution in [-0.4, -0.2) is 35.0 Å². The number of halogens is 1. The maximum Gasteiger partial charge on any atom is 0.218 e. The Morgan fingerprint density at radius 2 is 2.47 bits per heavy atom. The molecule has 0 radical (unpaired) electrons. The van der Waals surface area contributed by atoms with Crippen molar-refractivity contribution in [3.05, 3.63) is 12.4 Å². The van der Waals surface area contributed by atoms with E-state index in [1.165, 1.54) is 6.33 Å². The van der Waals surface area contributed by atoms with E-state index in [0.717, 1.165) is 25.3 Å². The highest BCUT2D eigenvalue weighted by atomic mass is 35.5. The minimum atomic E-state index is 0.232. The van der Waals surface area contributed by atoms with E-state index in [4.69, 9.17) is 16.3 Å². The van der Waals surface area contributed by atoms with E-state index in [2.05, 4.69) is 14.9 Å². The van der Waals surface area contributed by atoms with Gasteiger partial charge in [0.15, 0.2) is 0 Å². The van der Waals surface area contributed by atoms with Gasteiger partial charge in [-0.05, 0) is 13.3 Å². The van der Waals surface area contributed by atoms with Crippen molar-refractivity contribution in [1.29, 1.82) is 0 Å². The van der Waals surface area contributed by atoms with Crippen molar-refractivity contribution in [3.63, 3.8) is 0 Å². The van der Waals surface area contributed by atoms with Crippen LogP contribution in [0.15, 0.2) is 12.4 Å². The summed E-state index contributed by atoms with van der Waals surface area (Å²) < 4.78 is 5.32. The molecular formula is C10H14ClN3O.